The van der Waals surface area contributed by atoms with Crippen LogP contribution in [0.5, 0.6) is 0 Å². The van der Waals surface area contributed by atoms with Crippen molar-refractivity contribution in [3.8, 4) is 0 Å². The van der Waals surface area contributed by atoms with Gasteiger partial charge in [-0.15, -0.1) is 6.58 Å². The van der Waals surface area contributed by atoms with Crippen LogP contribution in [0.2, 0.25) is 0 Å². The average molecular weight is 182 g/mol. The quantitative estimate of drug-likeness (QED) is 0.374. The number of esters is 1. The number of allylic oxidation sites excluding steroid dienone is 1. The molecule has 1 rings (SSSR count). The molecule has 0 saturated heterocycles. The molecule has 0 N–H and O–H groups in total. The monoisotopic (exact) mass is 182 g/mol. The fraction of sp³-hybridized carbons (Fsp3) is 0.600. The van der Waals surface area contributed by atoms with Crippen LogP contribution in [0, 0.1) is 11.3 Å². The second-order valence-corrected chi connectivity index (χ2v) is 3.29. The van der Waals surface area contributed by atoms with Gasteiger partial charge in [0, 0.05) is 5.92 Å². The topological polar surface area (TPSA) is 43.4 Å². The Bertz CT molecular complexity index is 257. The van der Waals surface area contributed by atoms with Crippen molar-refractivity contribution in [1.29, 1.82) is 0 Å². The molecule has 1 saturated carbocycles. The highest BCUT2D eigenvalue weighted by atomic mass is 16.5. The zero-order valence-electron chi connectivity index (χ0n) is 8.00. The number of rotatable bonds is 4. The van der Waals surface area contributed by atoms with Crippen LogP contribution in [-0.2, 0) is 14.3 Å². The molecule has 3 heteroatoms. The number of ether oxygens (including phenoxy) is 1. The largest absolute Gasteiger partial charge is 0.465 e. The average Bonchev–Trinajstić information content (AvgIpc) is 2.79. The normalized spacial score (nSPS) is 30.8. The van der Waals surface area contributed by atoms with Crippen LogP contribution in [0.25, 0.3) is 0 Å². The molecule has 72 valence electrons. The molecule has 0 amide bonds. The number of hydrogen-bond acceptors (Lipinski definition) is 3. The van der Waals surface area contributed by atoms with Gasteiger partial charge in [-0.1, -0.05) is 6.08 Å². The first-order chi connectivity index (χ1) is 6.09. The fourth-order valence-electron chi connectivity index (χ4n) is 1.62. The molecule has 13 heavy (non-hydrogen) atoms. The zero-order chi connectivity index (χ0) is 10.1. The molecule has 1 aliphatic rings. The van der Waals surface area contributed by atoms with Crippen LogP contribution < -0.4 is 0 Å². The molecular weight excluding hydrogens is 168 g/mol. The maximum atomic E-state index is 11.4. The predicted molar refractivity (Wildman–Crippen MR) is 48.1 cm³/mol. The first-order valence-electron chi connectivity index (χ1n) is 4.40. The number of carbonyl (C=O) groups excluding carboxylic acids is 2. The molecule has 0 bridgehead atoms. The van der Waals surface area contributed by atoms with Gasteiger partial charge in [0.25, 0.3) is 0 Å². The molecule has 0 aromatic heterocycles. The molecular formula is C10H14O3. The van der Waals surface area contributed by atoms with Crippen molar-refractivity contribution in [3.63, 3.8) is 0 Å². The molecule has 0 aromatic rings. The Kier molecular flexibility index (Phi) is 2.55. The summed E-state index contributed by atoms with van der Waals surface area (Å²) in [6.07, 6.45) is 2.21. The molecule has 3 nitrogen and oxygen atoms in total. The van der Waals surface area contributed by atoms with E-state index >= 15 is 0 Å². The molecule has 0 spiro atoms. The Morgan fingerprint density at radius 1 is 1.69 bits per heavy atom. The van der Waals surface area contributed by atoms with E-state index in [0.717, 1.165) is 0 Å². The standard InChI is InChI=1S/C10H14O3/c1-4-8-6-10(8,7(3)11)9(12)13-5-2/h4,8H,1,5-6H2,2-3H3/t8-,10+/m0/s1. The molecule has 0 unspecified atom stereocenters. The number of Topliss-reactive ketones (excluding diaryl/α,β-unsaturated/α-hetero) is 1. The molecule has 2 atom stereocenters. The van der Waals surface area contributed by atoms with Crippen molar-refractivity contribution in [2.75, 3.05) is 6.61 Å². The number of carbonyl (C=O) groups is 2. The summed E-state index contributed by atoms with van der Waals surface area (Å²) in [5, 5.41) is 0. The van der Waals surface area contributed by atoms with Crippen LogP contribution in [0.1, 0.15) is 20.3 Å². The number of hydrogen-bond donors (Lipinski definition) is 0. The third kappa shape index (κ3) is 1.39. The highest BCUT2D eigenvalue weighted by molar-refractivity contribution is 6.06. The maximum Gasteiger partial charge on any atom is 0.320 e. The first kappa shape index (κ1) is 9.96. The zero-order valence-corrected chi connectivity index (χ0v) is 8.00. The lowest BCUT2D eigenvalue weighted by Gasteiger charge is -2.10. The molecule has 1 fully saturated rings. The van der Waals surface area contributed by atoms with E-state index in [1.165, 1.54) is 6.92 Å². The lowest BCUT2D eigenvalue weighted by atomic mass is 9.99. The maximum absolute atomic E-state index is 11.4. The Hall–Kier alpha value is -1.12. The van der Waals surface area contributed by atoms with E-state index < -0.39 is 11.4 Å². The van der Waals surface area contributed by atoms with Crippen molar-refractivity contribution >= 4 is 11.8 Å². The van der Waals surface area contributed by atoms with Crippen LogP contribution in [-0.4, -0.2) is 18.4 Å². The first-order valence-corrected chi connectivity index (χ1v) is 4.40. The number of ketones is 1. The lowest BCUT2D eigenvalue weighted by Crippen LogP contribution is -2.27. The van der Waals surface area contributed by atoms with Crippen molar-refractivity contribution < 1.29 is 14.3 Å². The van der Waals surface area contributed by atoms with E-state index in [0.29, 0.717) is 13.0 Å². The summed E-state index contributed by atoms with van der Waals surface area (Å²) in [5.41, 5.74) is -0.891. The molecule has 1 aliphatic carbocycles. The van der Waals surface area contributed by atoms with E-state index in [1.54, 1.807) is 13.0 Å². The van der Waals surface area contributed by atoms with E-state index in [9.17, 15) is 9.59 Å². The van der Waals surface area contributed by atoms with Crippen LogP contribution in [0.4, 0.5) is 0 Å². The molecule has 0 heterocycles. The Labute approximate surface area is 77.8 Å². The van der Waals surface area contributed by atoms with Gasteiger partial charge in [0.2, 0.25) is 0 Å². The minimum atomic E-state index is -0.891. The van der Waals surface area contributed by atoms with Crippen LogP contribution in [0.3, 0.4) is 0 Å². The highest BCUT2D eigenvalue weighted by Crippen LogP contribution is 2.54. The lowest BCUT2D eigenvalue weighted by molar-refractivity contribution is -0.153. The fourth-order valence-corrected chi connectivity index (χ4v) is 1.62. The van der Waals surface area contributed by atoms with Crippen molar-refractivity contribution in [3.05, 3.63) is 12.7 Å². The van der Waals surface area contributed by atoms with E-state index in [-0.39, 0.29) is 11.7 Å². The van der Waals surface area contributed by atoms with Gasteiger partial charge in [0.05, 0.1) is 6.61 Å². The van der Waals surface area contributed by atoms with E-state index in [4.69, 9.17) is 4.74 Å². The third-order valence-electron chi connectivity index (χ3n) is 2.57. The minimum absolute atomic E-state index is 0.0240. The van der Waals surface area contributed by atoms with Crippen molar-refractivity contribution in [2.45, 2.75) is 20.3 Å². The van der Waals surface area contributed by atoms with Gasteiger partial charge in [-0.3, -0.25) is 9.59 Å². The van der Waals surface area contributed by atoms with E-state index in [1.807, 2.05) is 0 Å². The van der Waals surface area contributed by atoms with Gasteiger partial charge < -0.3 is 4.74 Å². The van der Waals surface area contributed by atoms with Gasteiger partial charge >= 0.3 is 5.97 Å². The second-order valence-electron chi connectivity index (χ2n) is 3.29. The summed E-state index contributed by atoms with van der Waals surface area (Å²) in [6.45, 7) is 7.06. The SMILES string of the molecule is C=C[C@H]1C[C@]1(C(C)=O)C(=O)OCC. The van der Waals surface area contributed by atoms with Gasteiger partial charge in [-0.2, -0.15) is 0 Å². The van der Waals surface area contributed by atoms with Crippen LogP contribution in [0.15, 0.2) is 12.7 Å². The molecule has 0 aromatic carbocycles. The Morgan fingerprint density at radius 3 is 2.62 bits per heavy atom. The van der Waals surface area contributed by atoms with E-state index in [2.05, 4.69) is 6.58 Å². The predicted octanol–water partition coefficient (Wildman–Crippen LogP) is 1.33. The summed E-state index contributed by atoms with van der Waals surface area (Å²) in [4.78, 5) is 22.7. The smallest absolute Gasteiger partial charge is 0.320 e. The second kappa shape index (κ2) is 3.32. The summed E-state index contributed by atoms with van der Waals surface area (Å²) < 4.78 is 4.86. The summed E-state index contributed by atoms with van der Waals surface area (Å²) in [7, 11) is 0. The van der Waals surface area contributed by atoms with Gasteiger partial charge in [0.1, 0.15) is 11.2 Å². The minimum Gasteiger partial charge on any atom is -0.465 e. The molecule has 0 radical (unpaired) electrons. The van der Waals surface area contributed by atoms with Gasteiger partial charge in [-0.25, -0.2) is 0 Å². The summed E-state index contributed by atoms with van der Waals surface area (Å²) >= 11 is 0. The van der Waals surface area contributed by atoms with Gasteiger partial charge in [-0.05, 0) is 20.3 Å². The highest BCUT2D eigenvalue weighted by Gasteiger charge is 2.63. The van der Waals surface area contributed by atoms with Gasteiger partial charge in [0.15, 0.2) is 0 Å². The third-order valence-corrected chi connectivity index (χ3v) is 2.57. The van der Waals surface area contributed by atoms with Crippen molar-refractivity contribution in [2.24, 2.45) is 11.3 Å². The Morgan fingerprint density at radius 2 is 2.31 bits per heavy atom. The Balaban J connectivity index is 2.77. The van der Waals surface area contributed by atoms with Crippen LogP contribution >= 0.6 is 0 Å². The summed E-state index contributed by atoms with van der Waals surface area (Å²) in [5.74, 6) is -0.535. The molecule has 0 aliphatic heterocycles. The summed E-state index contributed by atoms with van der Waals surface area (Å²) in [6, 6.07) is 0. The van der Waals surface area contributed by atoms with Crippen molar-refractivity contribution in [1.82, 2.24) is 0 Å².